The molecule has 1 amide bonds. The maximum atomic E-state index is 10.5. The average Bonchev–Trinajstić information content (AvgIpc) is 2.06. The lowest BCUT2D eigenvalue weighted by Crippen LogP contribution is -2.05. The summed E-state index contributed by atoms with van der Waals surface area (Å²) in [5.74, 6) is -0.471. The van der Waals surface area contributed by atoms with Crippen molar-refractivity contribution in [1.82, 2.24) is 0 Å². The Balaban J connectivity index is 3.00. The van der Waals surface area contributed by atoms with E-state index in [1.54, 1.807) is 12.1 Å². The largest absolute Gasteiger partial charge is 0.398 e. The van der Waals surface area contributed by atoms with E-state index >= 15 is 0 Å². The van der Waals surface area contributed by atoms with E-state index in [9.17, 15) is 4.79 Å². The molecule has 13 heavy (non-hydrogen) atoms. The van der Waals surface area contributed by atoms with E-state index in [4.69, 9.17) is 11.5 Å². The molecule has 68 valence electrons. The van der Waals surface area contributed by atoms with Gasteiger partial charge >= 0.3 is 0 Å². The lowest BCUT2D eigenvalue weighted by atomic mass is 10.1. The molecule has 0 aliphatic carbocycles. The fourth-order valence-electron chi connectivity index (χ4n) is 1.01. The van der Waals surface area contributed by atoms with Crippen LogP contribution in [0.3, 0.4) is 0 Å². The SMILES string of the molecule is Cc1ccc(N)c(C=CC(N)=O)c1. The first-order valence-corrected chi connectivity index (χ1v) is 3.93. The number of carbonyl (C=O) groups is 1. The lowest BCUT2D eigenvalue weighted by molar-refractivity contribution is -0.113. The topological polar surface area (TPSA) is 69.1 Å². The van der Waals surface area contributed by atoms with Crippen molar-refractivity contribution in [3.8, 4) is 0 Å². The zero-order chi connectivity index (χ0) is 9.84. The van der Waals surface area contributed by atoms with Gasteiger partial charge in [0.05, 0.1) is 0 Å². The molecule has 0 saturated heterocycles. The van der Waals surface area contributed by atoms with Crippen LogP contribution in [0, 0.1) is 6.92 Å². The third-order valence-electron chi connectivity index (χ3n) is 1.67. The number of nitrogens with two attached hydrogens (primary N) is 2. The van der Waals surface area contributed by atoms with E-state index in [-0.39, 0.29) is 0 Å². The summed E-state index contributed by atoms with van der Waals surface area (Å²) in [6.07, 6.45) is 2.91. The number of hydrogen-bond donors (Lipinski definition) is 2. The summed E-state index contributed by atoms with van der Waals surface area (Å²) < 4.78 is 0. The minimum atomic E-state index is -0.471. The van der Waals surface area contributed by atoms with Crippen molar-refractivity contribution in [2.75, 3.05) is 5.73 Å². The second-order valence-corrected chi connectivity index (χ2v) is 2.87. The van der Waals surface area contributed by atoms with Crippen LogP contribution < -0.4 is 11.5 Å². The highest BCUT2D eigenvalue weighted by molar-refractivity contribution is 5.91. The van der Waals surface area contributed by atoms with Crippen LogP contribution in [0.5, 0.6) is 0 Å². The van der Waals surface area contributed by atoms with Crippen LogP contribution in [0.4, 0.5) is 5.69 Å². The number of primary amides is 1. The van der Waals surface area contributed by atoms with Crippen LogP contribution >= 0.6 is 0 Å². The molecular formula is C10H12N2O. The van der Waals surface area contributed by atoms with Crippen molar-refractivity contribution in [2.45, 2.75) is 6.92 Å². The summed E-state index contributed by atoms with van der Waals surface area (Å²) in [5, 5.41) is 0. The third-order valence-corrected chi connectivity index (χ3v) is 1.67. The van der Waals surface area contributed by atoms with E-state index in [1.165, 1.54) is 6.08 Å². The first-order chi connectivity index (χ1) is 6.09. The number of nitrogen functional groups attached to an aromatic ring is 1. The highest BCUT2D eigenvalue weighted by Crippen LogP contribution is 2.14. The van der Waals surface area contributed by atoms with Gasteiger partial charge in [-0.15, -0.1) is 0 Å². The Labute approximate surface area is 77.0 Å². The molecule has 0 bridgehead atoms. The second-order valence-electron chi connectivity index (χ2n) is 2.87. The van der Waals surface area contributed by atoms with Gasteiger partial charge in [-0.25, -0.2) is 0 Å². The van der Waals surface area contributed by atoms with Crippen molar-refractivity contribution >= 4 is 17.7 Å². The zero-order valence-electron chi connectivity index (χ0n) is 7.45. The molecule has 0 aliphatic heterocycles. The van der Waals surface area contributed by atoms with Gasteiger partial charge in [0.2, 0.25) is 5.91 Å². The van der Waals surface area contributed by atoms with Crippen molar-refractivity contribution < 1.29 is 4.79 Å². The molecule has 0 radical (unpaired) electrons. The summed E-state index contributed by atoms with van der Waals surface area (Å²) in [7, 11) is 0. The Bertz CT molecular complexity index is 356. The molecule has 0 saturated carbocycles. The highest BCUT2D eigenvalue weighted by atomic mass is 16.1. The number of rotatable bonds is 2. The maximum Gasteiger partial charge on any atom is 0.241 e. The summed E-state index contributed by atoms with van der Waals surface area (Å²) >= 11 is 0. The Kier molecular flexibility index (Phi) is 2.69. The Hall–Kier alpha value is -1.77. The number of carbonyl (C=O) groups excluding carboxylic acids is 1. The summed E-state index contributed by atoms with van der Waals surface area (Å²) in [6.45, 7) is 1.96. The predicted octanol–water partition coefficient (Wildman–Crippen LogP) is 1.08. The molecule has 1 rings (SSSR count). The molecule has 3 nitrogen and oxygen atoms in total. The standard InChI is InChI=1S/C10H12N2O/c1-7-2-4-9(11)8(6-7)3-5-10(12)13/h2-6H,11H2,1H3,(H2,12,13). The number of aryl methyl sites for hydroxylation is 1. The minimum Gasteiger partial charge on any atom is -0.398 e. The predicted molar refractivity (Wildman–Crippen MR) is 53.8 cm³/mol. The van der Waals surface area contributed by atoms with Gasteiger partial charge in [-0.05, 0) is 30.7 Å². The fraction of sp³-hybridized carbons (Fsp3) is 0.100. The summed E-state index contributed by atoms with van der Waals surface area (Å²) in [5.41, 5.74) is 13.2. The molecule has 0 aliphatic rings. The van der Waals surface area contributed by atoms with Crippen molar-refractivity contribution in [3.63, 3.8) is 0 Å². The Morgan fingerprint density at radius 3 is 2.77 bits per heavy atom. The number of anilines is 1. The minimum absolute atomic E-state index is 0.471. The van der Waals surface area contributed by atoms with E-state index in [1.807, 2.05) is 19.1 Å². The molecule has 1 aromatic rings. The molecule has 0 unspecified atom stereocenters. The lowest BCUT2D eigenvalue weighted by Gasteiger charge is -2.00. The Morgan fingerprint density at radius 2 is 2.15 bits per heavy atom. The molecule has 0 spiro atoms. The molecule has 0 aromatic heterocycles. The average molecular weight is 176 g/mol. The fourth-order valence-corrected chi connectivity index (χ4v) is 1.01. The van der Waals surface area contributed by atoms with Crippen LogP contribution in [0.15, 0.2) is 24.3 Å². The van der Waals surface area contributed by atoms with Gasteiger partial charge in [0, 0.05) is 11.8 Å². The first kappa shape index (κ1) is 9.32. The normalized spacial score (nSPS) is 10.5. The van der Waals surface area contributed by atoms with Crippen LogP contribution in [0.2, 0.25) is 0 Å². The van der Waals surface area contributed by atoms with Crippen LogP contribution in [-0.4, -0.2) is 5.91 Å². The van der Waals surface area contributed by atoms with E-state index in [2.05, 4.69) is 0 Å². The molecule has 1 aromatic carbocycles. The van der Waals surface area contributed by atoms with E-state index < -0.39 is 5.91 Å². The second kappa shape index (κ2) is 3.76. The summed E-state index contributed by atoms with van der Waals surface area (Å²) in [4.78, 5) is 10.5. The maximum absolute atomic E-state index is 10.5. The van der Waals surface area contributed by atoms with E-state index in [0.717, 1.165) is 11.1 Å². The molecule has 3 heteroatoms. The molecule has 0 atom stereocenters. The number of amides is 1. The van der Waals surface area contributed by atoms with Gasteiger partial charge in [0.15, 0.2) is 0 Å². The van der Waals surface area contributed by atoms with Crippen molar-refractivity contribution in [1.29, 1.82) is 0 Å². The van der Waals surface area contributed by atoms with Crippen molar-refractivity contribution in [2.24, 2.45) is 5.73 Å². The van der Waals surface area contributed by atoms with Gasteiger partial charge < -0.3 is 11.5 Å². The molecule has 0 fully saturated rings. The monoisotopic (exact) mass is 176 g/mol. The Morgan fingerprint density at radius 1 is 1.46 bits per heavy atom. The molecule has 0 heterocycles. The molecular weight excluding hydrogens is 164 g/mol. The molecule has 4 N–H and O–H groups in total. The number of hydrogen-bond acceptors (Lipinski definition) is 2. The van der Waals surface area contributed by atoms with Gasteiger partial charge in [-0.3, -0.25) is 4.79 Å². The van der Waals surface area contributed by atoms with E-state index in [0.29, 0.717) is 5.69 Å². The zero-order valence-corrected chi connectivity index (χ0v) is 7.45. The van der Waals surface area contributed by atoms with Crippen LogP contribution in [0.1, 0.15) is 11.1 Å². The van der Waals surface area contributed by atoms with Gasteiger partial charge in [-0.2, -0.15) is 0 Å². The van der Waals surface area contributed by atoms with Crippen molar-refractivity contribution in [3.05, 3.63) is 35.4 Å². The quantitative estimate of drug-likeness (QED) is 0.523. The smallest absolute Gasteiger partial charge is 0.241 e. The van der Waals surface area contributed by atoms with Gasteiger partial charge in [0.25, 0.3) is 0 Å². The third kappa shape index (κ3) is 2.63. The van der Waals surface area contributed by atoms with Crippen LogP contribution in [0.25, 0.3) is 6.08 Å². The van der Waals surface area contributed by atoms with Crippen LogP contribution in [-0.2, 0) is 4.79 Å². The number of benzene rings is 1. The van der Waals surface area contributed by atoms with Gasteiger partial charge in [0.1, 0.15) is 0 Å². The highest BCUT2D eigenvalue weighted by Gasteiger charge is 1.95. The van der Waals surface area contributed by atoms with Gasteiger partial charge in [-0.1, -0.05) is 11.6 Å². The first-order valence-electron chi connectivity index (χ1n) is 3.93. The summed E-state index contributed by atoms with van der Waals surface area (Å²) in [6, 6.07) is 5.61.